The van der Waals surface area contributed by atoms with E-state index in [4.69, 9.17) is 14.2 Å². The lowest BCUT2D eigenvalue weighted by Crippen LogP contribution is -2.32. The number of alkyl carbamates (subject to hydrolysis) is 1. The molecule has 0 fully saturated rings. The third-order valence-corrected chi connectivity index (χ3v) is 3.06. The number of aromatic carboxylic acids is 1. The van der Waals surface area contributed by atoms with E-state index < -0.39 is 17.7 Å². The van der Waals surface area contributed by atoms with Crippen LogP contribution in [-0.2, 0) is 4.74 Å². The maximum absolute atomic E-state index is 11.5. The van der Waals surface area contributed by atoms with Crippen molar-refractivity contribution in [2.45, 2.75) is 32.8 Å². The Hall–Kier alpha value is -2.70. The van der Waals surface area contributed by atoms with Crippen LogP contribution < -0.4 is 14.8 Å². The Labute approximate surface area is 147 Å². The molecule has 0 aliphatic carbocycles. The maximum atomic E-state index is 11.5. The van der Waals surface area contributed by atoms with Crippen molar-refractivity contribution < 1.29 is 28.9 Å². The van der Waals surface area contributed by atoms with Gasteiger partial charge < -0.3 is 24.6 Å². The van der Waals surface area contributed by atoms with E-state index in [1.807, 2.05) is 0 Å². The Morgan fingerprint density at radius 3 is 2.28 bits per heavy atom. The summed E-state index contributed by atoms with van der Waals surface area (Å²) in [6, 6.07) is 3.01. The van der Waals surface area contributed by atoms with Crippen LogP contribution in [0.1, 0.15) is 43.1 Å². The van der Waals surface area contributed by atoms with E-state index in [2.05, 4.69) is 5.32 Å². The zero-order valence-corrected chi connectivity index (χ0v) is 15.2. The molecular formula is C18H25NO6. The zero-order valence-electron chi connectivity index (χ0n) is 15.2. The van der Waals surface area contributed by atoms with E-state index in [0.717, 1.165) is 0 Å². The predicted molar refractivity (Wildman–Crippen MR) is 94.4 cm³/mol. The highest BCUT2D eigenvalue weighted by Gasteiger charge is 2.16. The number of hydrogen-bond acceptors (Lipinski definition) is 5. The third kappa shape index (κ3) is 6.74. The van der Waals surface area contributed by atoms with Crippen LogP contribution in [0.15, 0.2) is 18.2 Å². The first-order valence-electron chi connectivity index (χ1n) is 7.80. The van der Waals surface area contributed by atoms with Crippen LogP contribution in [0.5, 0.6) is 11.5 Å². The normalized spacial score (nSPS) is 11.2. The molecule has 0 atom stereocenters. The van der Waals surface area contributed by atoms with Crippen molar-refractivity contribution in [2.75, 3.05) is 20.8 Å². The number of carboxylic acid groups (broad SMARTS) is 1. The number of rotatable bonds is 7. The van der Waals surface area contributed by atoms with Crippen molar-refractivity contribution in [1.29, 1.82) is 0 Å². The lowest BCUT2D eigenvalue weighted by molar-refractivity contribution is 0.0528. The second-order valence-corrected chi connectivity index (χ2v) is 6.22. The molecule has 1 aromatic carbocycles. The molecule has 0 aliphatic rings. The van der Waals surface area contributed by atoms with Gasteiger partial charge in [0.1, 0.15) is 5.60 Å². The SMILES string of the molecule is COc1cc(C=CCCNC(=O)OC(C)(C)C)c(C(=O)O)cc1OC. The summed E-state index contributed by atoms with van der Waals surface area (Å²) >= 11 is 0. The molecule has 1 amide bonds. The topological polar surface area (TPSA) is 94.1 Å². The quantitative estimate of drug-likeness (QED) is 0.732. The molecule has 0 bridgehead atoms. The average molecular weight is 351 g/mol. The minimum atomic E-state index is -1.06. The van der Waals surface area contributed by atoms with Gasteiger partial charge in [0.05, 0.1) is 19.8 Å². The molecule has 138 valence electrons. The molecule has 0 heterocycles. The van der Waals surface area contributed by atoms with Gasteiger partial charge in [-0.1, -0.05) is 12.2 Å². The van der Waals surface area contributed by atoms with Crippen LogP contribution in [0.3, 0.4) is 0 Å². The average Bonchev–Trinajstić information content (AvgIpc) is 2.51. The monoisotopic (exact) mass is 351 g/mol. The highest BCUT2D eigenvalue weighted by Crippen LogP contribution is 2.31. The van der Waals surface area contributed by atoms with E-state index in [0.29, 0.717) is 30.0 Å². The molecule has 0 spiro atoms. The van der Waals surface area contributed by atoms with Gasteiger partial charge in [-0.3, -0.25) is 0 Å². The fraction of sp³-hybridized carbons (Fsp3) is 0.444. The number of carbonyl (C=O) groups is 2. The summed E-state index contributed by atoms with van der Waals surface area (Å²) in [5.41, 5.74) is 0.0482. The molecule has 0 saturated heterocycles. The Balaban J connectivity index is 2.73. The van der Waals surface area contributed by atoms with Gasteiger partial charge in [-0.2, -0.15) is 0 Å². The standard InChI is InChI=1S/C18H25NO6/c1-18(2,3)25-17(22)19-9-7-6-8-12-10-14(23-4)15(24-5)11-13(12)16(20)21/h6,8,10-11H,7,9H2,1-5H3,(H,19,22)(H,20,21). The van der Waals surface area contributed by atoms with Crippen LogP contribution in [0.25, 0.3) is 6.08 Å². The van der Waals surface area contributed by atoms with Crippen molar-refractivity contribution in [1.82, 2.24) is 5.32 Å². The first-order chi connectivity index (χ1) is 11.7. The molecule has 1 rings (SSSR count). The Bertz CT molecular complexity index is 646. The number of hydrogen-bond donors (Lipinski definition) is 2. The number of carboxylic acids is 1. The first kappa shape index (κ1) is 20.3. The summed E-state index contributed by atoms with van der Waals surface area (Å²) in [7, 11) is 2.93. The predicted octanol–water partition coefficient (Wildman–Crippen LogP) is 3.33. The number of methoxy groups -OCH3 is 2. The lowest BCUT2D eigenvalue weighted by Gasteiger charge is -2.19. The summed E-state index contributed by atoms with van der Waals surface area (Å²) in [5, 5.41) is 12.0. The third-order valence-electron chi connectivity index (χ3n) is 3.06. The Morgan fingerprint density at radius 1 is 1.16 bits per heavy atom. The molecular weight excluding hydrogens is 326 g/mol. The van der Waals surface area contributed by atoms with Crippen LogP contribution in [-0.4, -0.2) is 43.5 Å². The van der Waals surface area contributed by atoms with Gasteiger partial charge >= 0.3 is 12.1 Å². The van der Waals surface area contributed by atoms with Crippen LogP contribution >= 0.6 is 0 Å². The summed E-state index contributed by atoms with van der Waals surface area (Å²) in [4.78, 5) is 22.9. The van der Waals surface area contributed by atoms with Crippen LogP contribution in [0.2, 0.25) is 0 Å². The maximum Gasteiger partial charge on any atom is 0.407 e. The van der Waals surface area contributed by atoms with Gasteiger partial charge in [0, 0.05) is 6.54 Å². The number of nitrogens with one attached hydrogen (secondary N) is 1. The van der Waals surface area contributed by atoms with E-state index in [-0.39, 0.29) is 5.56 Å². The van der Waals surface area contributed by atoms with E-state index in [9.17, 15) is 14.7 Å². The first-order valence-corrected chi connectivity index (χ1v) is 7.80. The molecule has 7 heteroatoms. The summed E-state index contributed by atoms with van der Waals surface area (Å²) in [6.07, 6.45) is 3.47. The van der Waals surface area contributed by atoms with Gasteiger partial charge in [-0.25, -0.2) is 9.59 Å². The highest BCUT2D eigenvalue weighted by molar-refractivity contribution is 5.93. The number of carbonyl (C=O) groups excluding carboxylic acids is 1. The van der Waals surface area contributed by atoms with Gasteiger partial charge in [0.25, 0.3) is 0 Å². The fourth-order valence-electron chi connectivity index (χ4n) is 2.00. The minimum absolute atomic E-state index is 0.106. The second-order valence-electron chi connectivity index (χ2n) is 6.22. The largest absolute Gasteiger partial charge is 0.493 e. The van der Waals surface area contributed by atoms with Gasteiger partial charge in [-0.15, -0.1) is 0 Å². The number of ether oxygens (including phenoxy) is 3. The van der Waals surface area contributed by atoms with Crippen LogP contribution in [0, 0.1) is 0 Å². The van der Waals surface area contributed by atoms with E-state index in [1.54, 1.807) is 39.0 Å². The van der Waals surface area contributed by atoms with Crippen molar-refractivity contribution in [3.8, 4) is 11.5 Å². The lowest BCUT2D eigenvalue weighted by atomic mass is 10.1. The molecule has 0 radical (unpaired) electrons. The molecule has 2 N–H and O–H groups in total. The van der Waals surface area contributed by atoms with Gasteiger partial charge in [0.2, 0.25) is 0 Å². The molecule has 0 aliphatic heterocycles. The zero-order chi connectivity index (χ0) is 19.0. The van der Waals surface area contributed by atoms with E-state index in [1.165, 1.54) is 20.3 Å². The number of amides is 1. The smallest absolute Gasteiger partial charge is 0.407 e. The van der Waals surface area contributed by atoms with Crippen LogP contribution in [0.4, 0.5) is 4.79 Å². The van der Waals surface area contributed by atoms with E-state index >= 15 is 0 Å². The van der Waals surface area contributed by atoms with Crippen molar-refractivity contribution >= 4 is 18.1 Å². The second kappa shape index (κ2) is 8.96. The molecule has 25 heavy (non-hydrogen) atoms. The summed E-state index contributed by atoms with van der Waals surface area (Å²) in [5.74, 6) is -0.268. The van der Waals surface area contributed by atoms with Crippen molar-refractivity contribution in [3.63, 3.8) is 0 Å². The Morgan fingerprint density at radius 2 is 1.76 bits per heavy atom. The summed E-state index contributed by atoms with van der Waals surface area (Å²) in [6.45, 7) is 5.74. The van der Waals surface area contributed by atoms with Gasteiger partial charge in [0.15, 0.2) is 11.5 Å². The van der Waals surface area contributed by atoms with Gasteiger partial charge in [-0.05, 0) is 44.9 Å². The minimum Gasteiger partial charge on any atom is -0.493 e. The molecule has 0 aromatic heterocycles. The molecule has 0 saturated carbocycles. The summed E-state index contributed by atoms with van der Waals surface area (Å²) < 4.78 is 15.4. The number of benzene rings is 1. The molecule has 0 unspecified atom stereocenters. The highest BCUT2D eigenvalue weighted by atomic mass is 16.6. The Kier molecular flexibility index (Phi) is 7.29. The molecule has 1 aromatic rings. The van der Waals surface area contributed by atoms with Crippen molar-refractivity contribution in [2.24, 2.45) is 0 Å². The molecule has 7 nitrogen and oxygen atoms in total. The fourth-order valence-corrected chi connectivity index (χ4v) is 2.00. The van der Waals surface area contributed by atoms with Crippen molar-refractivity contribution in [3.05, 3.63) is 29.3 Å².